The summed E-state index contributed by atoms with van der Waals surface area (Å²) in [6.45, 7) is 9.93. The van der Waals surface area contributed by atoms with E-state index >= 15 is 0 Å². The van der Waals surface area contributed by atoms with Crippen molar-refractivity contribution in [2.45, 2.75) is 46.6 Å². The Labute approximate surface area is 162 Å². The normalized spacial score (nSPS) is 17.3. The summed E-state index contributed by atoms with van der Waals surface area (Å²) < 4.78 is 10.6. The van der Waals surface area contributed by atoms with Crippen LogP contribution in [0.5, 0.6) is 0 Å². The van der Waals surface area contributed by atoms with Crippen LogP contribution in [0, 0.1) is 19.3 Å². The van der Waals surface area contributed by atoms with E-state index in [1.165, 1.54) is 27.7 Å². The molecule has 2 aromatic rings. The van der Waals surface area contributed by atoms with Crippen LogP contribution in [-0.2, 0) is 20.8 Å². The van der Waals surface area contributed by atoms with E-state index in [0.717, 1.165) is 38.9 Å². The summed E-state index contributed by atoms with van der Waals surface area (Å²) in [6, 6.07) is 6.45. The van der Waals surface area contributed by atoms with Gasteiger partial charge in [0, 0.05) is 36.9 Å². The van der Waals surface area contributed by atoms with Gasteiger partial charge < -0.3 is 14.5 Å². The first-order chi connectivity index (χ1) is 13.0. The van der Waals surface area contributed by atoms with Crippen LogP contribution in [0.4, 0.5) is 0 Å². The van der Waals surface area contributed by atoms with Gasteiger partial charge in [-0.25, -0.2) is 0 Å². The second-order valence-electron chi connectivity index (χ2n) is 7.75. The molecule has 0 radical (unpaired) electrons. The van der Waals surface area contributed by atoms with Gasteiger partial charge >= 0.3 is 5.97 Å². The first kappa shape index (κ1) is 19.9. The first-order valence-electron chi connectivity index (χ1n) is 9.96. The monoisotopic (exact) mass is 372 g/mol. The van der Waals surface area contributed by atoms with Gasteiger partial charge in [-0.1, -0.05) is 18.2 Å². The van der Waals surface area contributed by atoms with E-state index in [4.69, 9.17) is 9.47 Å². The van der Waals surface area contributed by atoms with Crippen LogP contribution in [0.1, 0.15) is 43.0 Å². The number of aromatic nitrogens is 1. The third-order valence-corrected chi connectivity index (χ3v) is 6.09. The number of ether oxygens (including phenoxy) is 2. The Balaban J connectivity index is 1.70. The van der Waals surface area contributed by atoms with Crippen molar-refractivity contribution < 1.29 is 14.3 Å². The highest BCUT2D eigenvalue weighted by molar-refractivity contribution is 5.87. The zero-order chi connectivity index (χ0) is 19.4. The van der Waals surface area contributed by atoms with Gasteiger partial charge in [-0.05, 0) is 64.3 Å². The maximum atomic E-state index is 12.6. The van der Waals surface area contributed by atoms with Crippen LogP contribution >= 0.6 is 0 Å². The van der Waals surface area contributed by atoms with Crippen molar-refractivity contribution in [1.29, 1.82) is 0 Å². The summed E-state index contributed by atoms with van der Waals surface area (Å²) in [6.07, 6.45) is 2.39. The first-order valence-corrected chi connectivity index (χ1v) is 9.96. The van der Waals surface area contributed by atoms with Gasteiger partial charge in [-0.15, -0.1) is 0 Å². The Hall–Kier alpha value is -1.85. The van der Waals surface area contributed by atoms with Crippen molar-refractivity contribution in [3.63, 3.8) is 0 Å². The molecular weight excluding hydrogens is 340 g/mol. The molecule has 1 saturated heterocycles. The molecule has 1 aromatic heterocycles. The molecule has 0 amide bonds. The fraction of sp³-hybridized carbons (Fsp3) is 0.591. The molecular formula is C22H32N2O3. The molecule has 0 spiro atoms. The predicted octanol–water partition coefficient (Wildman–Crippen LogP) is 3.97. The second kappa shape index (κ2) is 8.44. The number of carbonyl (C=O) groups excluding carboxylic acids is 1. The standard InChI is InChI=1S/C22H32N2O3/c1-5-27-21(25)22(11-14-26-4)9-12-24(13-10-22)15-19-17(3)18-8-6-7-16(2)20(18)23-19/h6-8,23H,5,9-15H2,1-4H3. The molecule has 27 heavy (non-hydrogen) atoms. The number of H-pyrrole nitrogens is 1. The number of carbonyl (C=O) groups is 1. The molecule has 1 aromatic carbocycles. The maximum Gasteiger partial charge on any atom is 0.312 e. The van der Waals surface area contributed by atoms with Gasteiger partial charge in [0.15, 0.2) is 0 Å². The van der Waals surface area contributed by atoms with Gasteiger partial charge in [0.05, 0.1) is 12.0 Å². The van der Waals surface area contributed by atoms with Crippen molar-refractivity contribution in [2.75, 3.05) is 33.4 Å². The number of methoxy groups -OCH3 is 1. The van der Waals surface area contributed by atoms with Crippen molar-refractivity contribution in [3.05, 3.63) is 35.0 Å². The lowest BCUT2D eigenvalue weighted by Crippen LogP contribution is -2.45. The van der Waals surface area contributed by atoms with Crippen molar-refractivity contribution in [3.8, 4) is 0 Å². The van der Waals surface area contributed by atoms with Crippen LogP contribution < -0.4 is 0 Å². The quantitative estimate of drug-likeness (QED) is 0.747. The molecule has 0 saturated carbocycles. The van der Waals surface area contributed by atoms with Gasteiger partial charge in [0.2, 0.25) is 0 Å². The highest BCUT2D eigenvalue weighted by Crippen LogP contribution is 2.37. The van der Waals surface area contributed by atoms with E-state index in [9.17, 15) is 4.79 Å². The molecule has 1 N–H and O–H groups in total. The SMILES string of the molecule is CCOC(=O)C1(CCOC)CCN(Cc2[nH]c3c(C)cccc3c2C)CC1. The van der Waals surface area contributed by atoms with E-state index < -0.39 is 5.41 Å². The van der Waals surface area contributed by atoms with E-state index in [0.29, 0.717) is 13.2 Å². The van der Waals surface area contributed by atoms with Crippen molar-refractivity contribution >= 4 is 16.9 Å². The molecule has 0 bridgehead atoms. The number of piperidine rings is 1. The number of esters is 1. The zero-order valence-corrected chi connectivity index (χ0v) is 17.1. The summed E-state index contributed by atoms with van der Waals surface area (Å²) in [4.78, 5) is 18.7. The number of rotatable bonds is 7. The number of hydrogen-bond acceptors (Lipinski definition) is 4. The van der Waals surface area contributed by atoms with E-state index in [1.54, 1.807) is 7.11 Å². The van der Waals surface area contributed by atoms with E-state index in [1.807, 2.05) is 6.92 Å². The van der Waals surface area contributed by atoms with Gasteiger partial charge in [-0.2, -0.15) is 0 Å². The minimum absolute atomic E-state index is 0.0564. The van der Waals surface area contributed by atoms with Gasteiger partial charge in [-0.3, -0.25) is 9.69 Å². The number of benzene rings is 1. The molecule has 1 fully saturated rings. The fourth-order valence-electron chi connectivity index (χ4n) is 4.21. The van der Waals surface area contributed by atoms with Crippen LogP contribution in [-0.4, -0.2) is 49.3 Å². The van der Waals surface area contributed by atoms with Crippen molar-refractivity contribution in [1.82, 2.24) is 9.88 Å². The molecule has 148 valence electrons. The molecule has 1 aliphatic heterocycles. The van der Waals surface area contributed by atoms with Crippen LogP contribution in [0.3, 0.4) is 0 Å². The Morgan fingerprint density at radius 3 is 2.63 bits per heavy atom. The molecule has 1 aliphatic rings. The lowest BCUT2D eigenvalue weighted by molar-refractivity contribution is -0.160. The molecule has 0 unspecified atom stereocenters. The van der Waals surface area contributed by atoms with Gasteiger partial charge in [0.1, 0.15) is 0 Å². The summed E-state index contributed by atoms with van der Waals surface area (Å²) >= 11 is 0. The Morgan fingerprint density at radius 2 is 2.00 bits per heavy atom. The Kier molecular flexibility index (Phi) is 6.22. The summed E-state index contributed by atoms with van der Waals surface area (Å²) in [7, 11) is 1.69. The van der Waals surface area contributed by atoms with Crippen LogP contribution in [0.15, 0.2) is 18.2 Å². The largest absolute Gasteiger partial charge is 0.466 e. The van der Waals surface area contributed by atoms with E-state index in [2.05, 4.69) is 41.9 Å². The number of aryl methyl sites for hydroxylation is 2. The number of aromatic amines is 1. The van der Waals surface area contributed by atoms with Crippen LogP contribution in [0.25, 0.3) is 10.9 Å². The molecule has 5 nitrogen and oxygen atoms in total. The number of likely N-dealkylation sites (tertiary alicyclic amines) is 1. The number of nitrogens with zero attached hydrogens (tertiary/aromatic N) is 1. The van der Waals surface area contributed by atoms with Gasteiger partial charge in [0.25, 0.3) is 0 Å². The molecule has 0 aliphatic carbocycles. The number of nitrogens with one attached hydrogen (secondary N) is 1. The maximum absolute atomic E-state index is 12.6. The molecule has 5 heteroatoms. The smallest absolute Gasteiger partial charge is 0.312 e. The fourth-order valence-corrected chi connectivity index (χ4v) is 4.21. The number of para-hydroxylation sites is 1. The highest BCUT2D eigenvalue weighted by atomic mass is 16.5. The van der Waals surface area contributed by atoms with Crippen molar-refractivity contribution in [2.24, 2.45) is 5.41 Å². The lowest BCUT2D eigenvalue weighted by atomic mass is 9.75. The topological polar surface area (TPSA) is 54.6 Å². The summed E-state index contributed by atoms with van der Waals surface area (Å²) in [5.74, 6) is -0.0564. The number of fused-ring (bicyclic) bond motifs is 1. The minimum Gasteiger partial charge on any atom is -0.466 e. The molecule has 3 rings (SSSR count). The average Bonchev–Trinajstić information content (AvgIpc) is 2.99. The zero-order valence-electron chi connectivity index (χ0n) is 17.1. The summed E-state index contributed by atoms with van der Waals surface area (Å²) in [5.41, 5.74) is 4.73. The highest BCUT2D eigenvalue weighted by Gasteiger charge is 2.42. The third-order valence-electron chi connectivity index (χ3n) is 6.09. The lowest BCUT2D eigenvalue weighted by Gasteiger charge is -2.39. The Morgan fingerprint density at radius 1 is 1.26 bits per heavy atom. The Bertz CT molecular complexity index is 788. The van der Waals surface area contributed by atoms with Crippen LogP contribution in [0.2, 0.25) is 0 Å². The summed E-state index contributed by atoms with van der Waals surface area (Å²) in [5, 5.41) is 1.31. The minimum atomic E-state index is -0.394. The predicted molar refractivity (Wildman–Crippen MR) is 108 cm³/mol. The average molecular weight is 373 g/mol. The van der Waals surface area contributed by atoms with E-state index in [-0.39, 0.29) is 5.97 Å². The molecule has 2 heterocycles. The third kappa shape index (κ3) is 4.04. The molecule has 0 atom stereocenters. The number of hydrogen-bond donors (Lipinski definition) is 1. The second-order valence-corrected chi connectivity index (χ2v) is 7.75.